The Hall–Kier alpha value is -2.77. The van der Waals surface area contributed by atoms with Crippen LogP contribution >= 0.6 is 0 Å². The Morgan fingerprint density at radius 3 is 2.62 bits per heavy atom. The van der Waals surface area contributed by atoms with Gasteiger partial charge in [0.15, 0.2) is 0 Å². The number of amides is 1. The fourth-order valence-corrected chi connectivity index (χ4v) is 1.90. The SMILES string of the molecule is COc1cccc(C(=O)NCCNc2ccc(C(F)(F)F)cn2)c1. The monoisotopic (exact) mass is 339 g/mol. The van der Waals surface area contributed by atoms with E-state index >= 15 is 0 Å². The number of anilines is 1. The Balaban J connectivity index is 1.79. The summed E-state index contributed by atoms with van der Waals surface area (Å²) in [6, 6.07) is 8.90. The summed E-state index contributed by atoms with van der Waals surface area (Å²) < 4.78 is 42.3. The van der Waals surface area contributed by atoms with Crippen molar-refractivity contribution in [3.8, 4) is 5.75 Å². The topological polar surface area (TPSA) is 63.2 Å². The van der Waals surface area contributed by atoms with Gasteiger partial charge in [0.05, 0.1) is 12.7 Å². The van der Waals surface area contributed by atoms with Crippen molar-refractivity contribution in [2.75, 3.05) is 25.5 Å². The molecular weight excluding hydrogens is 323 g/mol. The van der Waals surface area contributed by atoms with Gasteiger partial charge in [0.2, 0.25) is 0 Å². The van der Waals surface area contributed by atoms with E-state index in [1.54, 1.807) is 24.3 Å². The first-order valence-corrected chi connectivity index (χ1v) is 7.09. The molecule has 0 saturated carbocycles. The van der Waals surface area contributed by atoms with Crippen molar-refractivity contribution in [2.24, 2.45) is 0 Å². The van der Waals surface area contributed by atoms with Gasteiger partial charge in [-0.05, 0) is 30.3 Å². The predicted molar refractivity (Wildman–Crippen MR) is 83.1 cm³/mol. The third kappa shape index (κ3) is 4.87. The van der Waals surface area contributed by atoms with Gasteiger partial charge in [0.25, 0.3) is 5.91 Å². The Morgan fingerprint density at radius 1 is 1.21 bits per heavy atom. The van der Waals surface area contributed by atoms with E-state index in [-0.39, 0.29) is 5.91 Å². The Labute approximate surface area is 136 Å². The van der Waals surface area contributed by atoms with Gasteiger partial charge in [-0.3, -0.25) is 4.79 Å². The van der Waals surface area contributed by atoms with Crippen LogP contribution in [0, 0.1) is 0 Å². The number of rotatable bonds is 6. The van der Waals surface area contributed by atoms with Gasteiger partial charge in [-0.15, -0.1) is 0 Å². The number of pyridine rings is 1. The molecule has 24 heavy (non-hydrogen) atoms. The molecule has 1 amide bonds. The van der Waals surface area contributed by atoms with Crippen molar-refractivity contribution in [1.29, 1.82) is 0 Å². The molecule has 1 aromatic carbocycles. The van der Waals surface area contributed by atoms with Crippen LogP contribution in [-0.2, 0) is 6.18 Å². The van der Waals surface area contributed by atoms with Gasteiger partial charge in [-0.2, -0.15) is 13.2 Å². The fourth-order valence-electron chi connectivity index (χ4n) is 1.90. The van der Waals surface area contributed by atoms with Crippen molar-refractivity contribution in [2.45, 2.75) is 6.18 Å². The van der Waals surface area contributed by atoms with Crippen LogP contribution in [0.15, 0.2) is 42.6 Å². The van der Waals surface area contributed by atoms with E-state index < -0.39 is 11.7 Å². The lowest BCUT2D eigenvalue weighted by molar-refractivity contribution is -0.137. The summed E-state index contributed by atoms with van der Waals surface area (Å²) in [5.41, 5.74) is -0.346. The maximum atomic E-state index is 12.4. The van der Waals surface area contributed by atoms with Crippen molar-refractivity contribution < 1.29 is 22.7 Å². The Morgan fingerprint density at radius 2 is 2.00 bits per heavy atom. The minimum atomic E-state index is -4.41. The van der Waals surface area contributed by atoms with Gasteiger partial charge in [-0.25, -0.2) is 4.98 Å². The Kier molecular flexibility index (Phi) is 5.62. The molecule has 0 saturated heterocycles. The number of nitrogens with one attached hydrogen (secondary N) is 2. The Bertz CT molecular complexity index is 688. The van der Waals surface area contributed by atoms with E-state index in [2.05, 4.69) is 15.6 Å². The standard InChI is InChI=1S/C16H16F3N3O2/c1-24-13-4-2-3-11(9-13)15(23)21-8-7-20-14-6-5-12(10-22-14)16(17,18)19/h2-6,9-10H,7-8H2,1H3,(H,20,22)(H,21,23). The molecule has 0 aliphatic heterocycles. The quantitative estimate of drug-likeness (QED) is 0.795. The summed E-state index contributed by atoms with van der Waals surface area (Å²) in [7, 11) is 1.51. The highest BCUT2D eigenvalue weighted by atomic mass is 19.4. The lowest BCUT2D eigenvalue weighted by Gasteiger charge is -2.09. The molecule has 5 nitrogen and oxygen atoms in total. The van der Waals surface area contributed by atoms with Crippen LogP contribution in [0.3, 0.4) is 0 Å². The number of alkyl halides is 3. The molecule has 0 bridgehead atoms. The third-order valence-corrected chi connectivity index (χ3v) is 3.14. The number of benzene rings is 1. The summed E-state index contributed by atoms with van der Waals surface area (Å²) in [6.07, 6.45) is -3.65. The zero-order valence-electron chi connectivity index (χ0n) is 12.9. The lowest BCUT2D eigenvalue weighted by Crippen LogP contribution is -2.28. The van der Waals surface area contributed by atoms with Crippen molar-refractivity contribution in [3.63, 3.8) is 0 Å². The third-order valence-electron chi connectivity index (χ3n) is 3.14. The zero-order valence-corrected chi connectivity index (χ0v) is 12.9. The maximum absolute atomic E-state index is 12.4. The van der Waals surface area contributed by atoms with Crippen LogP contribution in [0.25, 0.3) is 0 Å². The molecule has 0 atom stereocenters. The molecular formula is C16H16F3N3O2. The number of carbonyl (C=O) groups is 1. The second-order valence-electron chi connectivity index (χ2n) is 4.84. The van der Waals surface area contributed by atoms with Gasteiger partial charge in [-0.1, -0.05) is 6.07 Å². The highest BCUT2D eigenvalue weighted by molar-refractivity contribution is 5.94. The highest BCUT2D eigenvalue weighted by Gasteiger charge is 2.30. The number of carbonyl (C=O) groups excluding carboxylic acids is 1. The van der Waals surface area contributed by atoms with E-state index in [1.807, 2.05) is 0 Å². The molecule has 128 valence electrons. The molecule has 0 radical (unpaired) electrons. The molecule has 1 aromatic heterocycles. The summed E-state index contributed by atoms with van der Waals surface area (Å²) in [6.45, 7) is 0.618. The van der Waals surface area contributed by atoms with Crippen LogP contribution in [0.2, 0.25) is 0 Å². The van der Waals surface area contributed by atoms with E-state index in [0.29, 0.717) is 30.2 Å². The fraction of sp³-hybridized carbons (Fsp3) is 0.250. The minimum Gasteiger partial charge on any atom is -0.497 e. The molecule has 0 fully saturated rings. The highest BCUT2D eigenvalue weighted by Crippen LogP contribution is 2.28. The summed E-state index contributed by atoms with van der Waals surface area (Å²) in [5, 5.41) is 5.53. The summed E-state index contributed by atoms with van der Waals surface area (Å²) in [4.78, 5) is 15.6. The molecule has 1 heterocycles. The normalized spacial score (nSPS) is 11.0. The van der Waals surface area contributed by atoms with Gasteiger partial charge < -0.3 is 15.4 Å². The molecule has 0 unspecified atom stereocenters. The van der Waals surface area contributed by atoms with Gasteiger partial charge >= 0.3 is 6.18 Å². The van der Waals surface area contributed by atoms with Crippen LogP contribution in [-0.4, -0.2) is 31.1 Å². The number of methoxy groups -OCH3 is 1. The first-order valence-electron chi connectivity index (χ1n) is 7.09. The number of ether oxygens (including phenoxy) is 1. The van der Waals surface area contributed by atoms with Crippen molar-refractivity contribution in [1.82, 2.24) is 10.3 Å². The number of hydrogen-bond acceptors (Lipinski definition) is 4. The van der Waals surface area contributed by atoms with Crippen LogP contribution in [0.1, 0.15) is 15.9 Å². The first-order chi connectivity index (χ1) is 11.4. The molecule has 2 aromatic rings. The molecule has 2 rings (SSSR count). The second-order valence-corrected chi connectivity index (χ2v) is 4.84. The van der Waals surface area contributed by atoms with Crippen molar-refractivity contribution in [3.05, 3.63) is 53.7 Å². The lowest BCUT2D eigenvalue weighted by atomic mass is 10.2. The van der Waals surface area contributed by atoms with Crippen molar-refractivity contribution >= 4 is 11.7 Å². The van der Waals surface area contributed by atoms with E-state index in [9.17, 15) is 18.0 Å². The molecule has 0 aliphatic carbocycles. The number of halogens is 3. The van der Waals surface area contributed by atoms with Gasteiger partial charge in [0.1, 0.15) is 11.6 Å². The molecule has 8 heteroatoms. The predicted octanol–water partition coefficient (Wildman–Crippen LogP) is 2.95. The molecule has 0 spiro atoms. The summed E-state index contributed by atoms with van der Waals surface area (Å²) in [5.74, 6) is 0.615. The maximum Gasteiger partial charge on any atom is 0.417 e. The largest absolute Gasteiger partial charge is 0.497 e. The van der Waals surface area contributed by atoms with Crippen LogP contribution in [0.4, 0.5) is 19.0 Å². The smallest absolute Gasteiger partial charge is 0.417 e. The van der Waals surface area contributed by atoms with Crippen LogP contribution < -0.4 is 15.4 Å². The van der Waals surface area contributed by atoms with E-state index in [1.165, 1.54) is 13.2 Å². The minimum absolute atomic E-state index is 0.268. The summed E-state index contributed by atoms with van der Waals surface area (Å²) >= 11 is 0. The van der Waals surface area contributed by atoms with E-state index in [4.69, 9.17) is 4.74 Å². The van der Waals surface area contributed by atoms with Gasteiger partial charge in [0, 0.05) is 24.8 Å². The second kappa shape index (κ2) is 7.67. The van der Waals surface area contributed by atoms with Crippen LogP contribution in [0.5, 0.6) is 5.75 Å². The molecule has 2 N–H and O–H groups in total. The average Bonchev–Trinajstić information content (AvgIpc) is 2.58. The first kappa shape index (κ1) is 17.6. The average molecular weight is 339 g/mol. The number of hydrogen-bond donors (Lipinski definition) is 2. The number of aromatic nitrogens is 1. The van der Waals surface area contributed by atoms with E-state index in [0.717, 1.165) is 12.3 Å². The zero-order chi connectivity index (χ0) is 17.6. The number of nitrogens with zero attached hydrogens (tertiary/aromatic N) is 1. The molecule has 0 aliphatic rings.